The first kappa shape index (κ1) is 15.0. The van der Waals surface area contributed by atoms with E-state index in [9.17, 15) is 0 Å². The van der Waals surface area contributed by atoms with Gasteiger partial charge in [-0.3, -0.25) is 0 Å². The molecule has 20 heavy (non-hydrogen) atoms. The number of hydrogen-bond donors (Lipinski definition) is 2. The van der Waals surface area contributed by atoms with Gasteiger partial charge in [-0.05, 0) is 26.7 Å². The molecule has 1 saturated heterocycles. The molecule has 0 saturated carbocycles. The smallest absolute Gasteiger partial charge is 0.133 e. The fraction of sp³-hybridized carbons (Fsp3) is 0.733. The van der Waals surface area contributed by atoms with Gasteiger partial charge in [-0.1, -0.05) is 6.92 Å². The van der Waals surface area contributed by atoms with E-state index in [1.165, 1.54) is 0 Å². The van der Waals surface area contributed by atoms with Gasteiger partial charge in [0.2, 0.25) is 0 Å². The highest BCUT2D eigenvalue weighted by atomic mass is 16.5. The molecule has 2 rings (SSSR count). The number of aryl methyl sites for hydroxylation is 1. The van der Waals surface area contributed by atoms with E-state index in [-0.39, 0.29) is 0 Å². The maximum Gasteiger partial charge on any atom is 0.133 e. The van der Waals surface area contributed by atoms with Crippen LogP contribution >= 0.6 is 0 Å². The molecular formula is C15H26N4O. The van der Waals surface area contributed by atoms with E-state index < -0.39 is 0 Å². The van der Waals surface area contributed by atoms with Crippen molar-refractivity contribution >= 4 is 11.6 Å². The molecule has 2 heterocycles. The Hall–Kier alpha value is -1.36. The topological polar surface area (TPSA) is 59.1 Å². The normalized spacial score (nSPS) is 19.9. The predicted molar refractivity (Wildman–Crippen MR) is 82.2 cm³/mol. The largest absolute Gasteiger partial charge is 0.381 e. The van der Waals surface area contributed by atoms with Crippen molar-refractivity contribution in [1.82, 2.24) is 9.97 Å². The highest BCUT2D eigenvalue weighted by molar-refractivity contribution is 5.48. The molecule has 2 atom stereocenters. The first-order valence-corrected chi connectivity index (χ1v) is 7.69. The molecule has 0 spiro atoms. The molecule has 2 unspecified atom stereocenters. The molecule has 1 aromatic heterocycles. The van der Waals surface area contributed by atoms with Crippen molar-refractivity contribution in [2.45, 2.75) is 46.1 Å². The summed E-state index contributed by atoms with van der Waals surface area (Å²) in [6.45, 7) is 9.02. The van der Waals surface area contributed by atoms with E-state index in [2.05, 4.69) is 41.4 Å². The van der Waals surface area contributed by atoms with Gasteiger partial charge in [0.05, 0.1) is 6.61 Å². The van der Waals surface area contributed by atoms with Gasteiger partial charge in [0.1, 0.15) is 17.5 Å². The van der Waals surface area contributed by atoms with Crippen LogP contribution in [-0.4, -0.2) is 35.8 Å². The number of ether oxygens (including phenoxy) is 1. The van der Waals surface area contributed by atoms with E-state index >= 15 is 0 Å². The Morgan fingerprint density at radius 2 is 2.15 bits per heavy atom. The maximum atomic E-state index is 5.46. The molecular weight excluding hydrogens is 252 g/mol. The van der Waals surface area contributed by atoms with E-state index in [1.807, 2.05) is 6.07 Å². The summed E-state index contributed by atoms with van der Waals surface area (Å²) < 4.78 is 5.46. The lowest BCUT2D eigenvalue weighted by atomic mass is 10.0. The van der Waals surface area contributed by atoms with Gasteiger partial charge in [0.25, 0.3) is 0 Å². The van der Waals surface area contributed by atoms with E-state index in [4.69, 9.17) is 4.74 Å². The fourth-order valence-electron chi connectivity index (χ4n) is 2.48. The Bertz CT molecular complexity index is 394. The summed E-state index contributed by atoms with van der Waals surface area (Å²) in [5.41, 5.74) is 0. The monoisotopic (exact) mass is 278 g/mol. The minimum Gasteiger partial charge on any atom is -0.381 e. The van der Waals surface area contributed by atoms with Crippen LogP contribution in [0.4, 0.5) is 11.6 Å². The molecule has 0 amide bonds. The minimum atomic E-state index is 0.372. The van der Waals surface area contributed by atoms with Gasteiger partial charge in [-0.15, -0.1) is 0 Å². The number of anilines is 2. The third-order valence-electron chi connectivity index (χ3n) is 3.65. The average molecular weight is 278 g/mol. The summed E-state index contributed by atoms with van der Waals surface area (Å²) in [6.07, 6.45) is 3.09. The minimum absolute atomic E-state index is 0.372. The molecule has 1 aromatic rings. The lowest BCUT2D eigenvalue weighted by Gasteiger charge is -2.20. The fourth-order valence-corrected chi connectivity index (χ4v) is 2.48. The highest BCUT2D eigenvalue weighted by Crippen LogP contribution is 2.21. The van der Waals surface area contributed by atoms with Crippen LogP contribution < -0.4 is 10.6 Å². The van der Waals surface area contributed by atoms with E-state index in [1.54, 1.807) is 0 Å². The van der Waals surface area contributed by atoms with Gasteiger partial charge < -0.3 is 15.4 Å². The zero-order valence-corrected chi connectivity index (χ0v) is 12.8. The van der Waals surface area contributed by atoms with Crippen LogP contribution in [0.1, 0.15) is 39.4 Å². The maximum absolute atomic E-state index is 5.46. The summed E-state index contributed by atoms with van der Waals surface area (Å²) in [5, 5.41) is 6.78. The predicted octanol–water partition coefficient (Wildman–Crippen LogP) is 2.70. The molecule has 1 aliphatic rings. The van der Waals surface area contributed by atoms with Crippen LogP contribution in [-0.2, 0) is 11.2 Å². The standard InChI is InChI=1S/C15H26N4O/c1-4-6-13-18-14(16-5-2)9-15(19-13)17-11(3)12-7-8-20-10-12/h9,11-12H,4-8,10H2,1-3H3,(H2,16,17,18,19). The summed E-state index contributed by atoms with van der Waals surface area (Å²) in [5.74, 6) is 3.30. The molecule has 1 fully saturated rings. The first-order valence-electron chi connectivity index (χ1n) is 7.69. The second-order valence-electron chi connectivity index (χ2n) is 5.39. The molecule has 5 heteroatoms. The first-order chi connectivity index (χ1) is 9.72. The van der Waals surface area contributed by atoms with Crippen LogP contribution in [0.3, 0.4) is 0 Å². The number of aromatic nitrogens is 2. The van der Waals surface area contributed by atoms with Crippen molar-refractivity contribution in [2.24, 2.45) is 5.92 Å². The molecule has 0 bridgehead atoms. The number of hydrogen-bond acceptors (Lipinski definition) is 5. The zero-order valence-electron chi connectivity index (χ0n) is 12.8. The quantitative estimate of drug-likeness (QED) is 0.803. The summed E-state index contributed by atoms with van der Waals surface area (Å²) >= 11 is 0. The summed E-state index contributed by atoms with van der Waals surface area (Å²) in [7, 11) is 0. The molecule has 1 aliphatic heterocycles. The van der Waals surface area contributed by atoms with Crippen LogP contribution in [0.2, 0.25) is 0 Å². The van der Waals surface area contributed by atoms with Crippen molar-refractivity contribution < 1.29 is 4.74 Å². The molecule has 0 radical (unpaired) electrons. The van der Waals surface area contributed by atoms with Crippen LogP contribution in [0.25, 0.3) is 0 Å². The molecule has 0 aliphatic carbocycles. The number of rotatable bonds is 7. The average Bonchev–Trinajstić information content (AvgIpc) is 2.93. The van der Waals surface area contributed by atoms with Crippen molar-refractivity contribution in [3.05, 3.63) is 11.9 Å². The van der Waals surface area contributed by atoms with Crippen molar-refractivity contribution in [3.63, 3.8) is 0 Å². The number of nitrogens with zero attached hydrogens (tertiary/aromatic N) is 2. The van der Waals surface area contributed by atoms with Crippen molar-refractivity contribution in [2.75, 3.05) is 30.4 Å². The SMILES string of the molecule is CCCc1nc(NCC)cc(NC(C)C2CCOC2)n1. The van der Waals surface area contributed by atoms with Crippen molar-refractivity contribution in [1.29, 1.82) is 0 Å². The molecule has 0 aromatic carbocycles. The van der Waals surface area contributed by atoms with Gasteiger partial charge in [0.15, 0.2) is 0 Å². The number of nitrogens with one attached hydrogen (secondary N) is 2. The van der Waals surface area contributed by atoms with Gasteiger partial charge in [-0.2, -0.15) is 0 Å². The summed E-state index contributed by atoms with van der Waals surface area (Å²) in [4.78, 5) is 9.14. The molecule has 5 nitrogen and oxygen atoms in total. The third-order valence-corrected chi connectivity index (χ3v) is 3.65. The summed E-state index contributed by atoms with van der Waals surface area (Å²) in [6, 6.07) is 2.37. The lowest BCUT2D eigenvalue weighted by molar-refractivity contribution is 0.183. The van der Waals surface area contributed by atoms with Gasteiger partial charge >= 0.3 is 0 Å². The third kappa shape index (κ3) is 4.07. The van der Waals surface area contributed by atoms with Crippen LogP contribution in [0, 0.1) is 5.92 Å². The second-order valence-corrected chi connectivity index (χ2v) is 5.39. The molecule has 2 N–H and O–H groups in total. The van der Waals surface area contributed by atoms with Crippen molar-refractivity contribution in [3.8, 4) is 0 Å². The Kier molecular flexibility index (Phi) is 5.59. The second kappa shape index (κ2) is 7.43. The zero-order chi connectivity index (χ0) is 14.4. The lowest BCUT2D eigenvalue weighted by Crippen LogP contribution is -2.27. The van der Waals surface area contributed by atoms with E-state index in [0.717, 1.165) is 56.5 Å². The Balaban J connectivity index is 2.07. The Morgan fingerprint density at radius 1 is 1.35 bits per heavy atom. The molecule has 112 valence electrons. The highest BCUT2D eigenvalue weighted by Gasteiger charge is 2.22. The van der Waals surface area contributed by atoms with E-state index in [0.29, 0.717) is 12.0 Å². The Labute approximate surface area is 121 Å². The van der Waals surface area contributed by atoms with Crippen LogP contribution in [0.15, 0.2) is 6.07 Å². The Morgan fingerprint density at radius 3 is 2.80 bits per heavy atom. The van der Waals surface area contributed by atoms with Crippen LogP contribution in [0.5, 0.6) is 0 Å². The van der Waals surface area contributed by atoms with Gasteiger partial charge in [0, 0.05) is 37.6 Å². The van der Waals surface area contributed by atoms with Gasteiger partial charge in [-0.25, -0.2) is 9.97 Å².